The van der Waals surface area contributed by atoms with E-state index in [0.29, 0.717) is 11.4 Å². The molecule has 1 aliphatic rings. The Morgan fingerprint density at radius 1 is 1.50 bits per heavy atom. The number of carbonyl (C=O) groups excluding carboxylic acids is 2. The van der Waals surface area contributed by atoms with Crippen molar-refractivity contribution in [3.05, 3.63) is 23.8 Å². The number of fused-ring (bicyclic) bond motifs is 1. The molecule has 1 heterocycles. The SMILES string of the molecule is Cc1ccc2c(c1)N(CC(=O)NCCO)C(=O)[C@H](C)O2. The lowest BCUT2D eigenvalue weighted by Gasteiger charge is -2.32. The molecule has 108 valence electrons. The number of aliphatic hydroxyl groups is 1. The maximum absolute atomic E-state index is 12.2. The van der Waals surface area contributed by atoms with E-state index in [1.807, 2.05) is 19.1 Å². The van der Waals surface area contributed by atoms with Gasteiger partial charge in [-0.05, 0) is 31.5 Å². The highest BCUT2D eigenvalue weighted by atomic mass is 16.5. The lowest BCUT2D eigenvalue weighted by molar-refractivity contribution is -0.128. The van der Waals surface area contributed by atoms with Crippen molar-refractivity contribution in [3.63, 3.8) is 0 Å². The fraction of sp³-hybridized carbons (Fsp3) is 0.429. The normalized spacial score (nSPS) is 17.4. The average molecular weight is 278 g/mol. The quantitative estimate of drug-likeness (QED) is 0.825. The lowest BCUT2D eigenvalue weighted by atomic mass is 10.1. The van der Waals surface area contributed by atoms with Gasteiger partial charge >= 0.3 is 0 Å². The minimum absolute atomic E-state index is 0.0804. The summed E-state index contributed by atoms with van der Waals surface area (Å²) in [5, 5.41) is 11.2. The van der Waals surface area contributed by atoms with Crippen molar-refractivity contribution in [3.8, 4) is 5.75 Å². The third kappa shape index (κ3) is 2.91. The summed E-state index contributed by atoms with van der Waals surface area (Å²) < 4.78 is 5.53. The molecule has 0 saturated carbocycles. The van der Waals surface area contributed by atoms with E-state index >= 15 is 0 Å². The van der Waals surface area contributed by atoms with E-state index in [0.717, 1.165) is 5.56 Å². The maximum Gasteiger partial charge on any atom is 0.268 e. The number of amides is 2. The minimum atomic E-state index is -0.615. The van der Waals surface area contributed by atoms with Crippen LogP contribution in [0.3, 0.4) is 0 Å². The Hall–Kier alpha value is -2.08. The number of ether oxygens (including phenoxy) is 1. The third-order valence-electron chi connectivity index (χ3n) is 3.06. The van der Waals surface area contributed by atoms with Crippen LogP contribution >= 0.6 is 0 Å². The van der Waals surface area contributed by atoms with Gasteiger partial charge in [0.05, 0.1) is 12.3 Å². The van der Waals surface area contributed by atoms with Crippen molar-refractivity contribution in [2.24, 2.45) is 0 Å². The number of hydrogen-bond acceptors (Lipinski definition) is 4. The molecule has 1 aliphatic heterocycles. The highest BCUT2D eigenvalue weighted by molar-refractivity contribution is 6.03. The van der Waals surface area contributed by atoms with Crippen LogP contribution in [0.2, 0.25) is 0 Å². The molecule has 1 atom stereocenters. The molecule has 0 fully saturated rings. The van der Waals surface area contributed by atoms with E-state index in [4.69, 9.17) is 9.84 Å². The molecule has 0 radical (unpaired) electrons. The number of benzene rings is 1. The maximum atomic E-state index is 12.2. The van der Waals surface area contributed by atoms with E-state index in [9.17, 15) is 9.59 Å². The average Bonchev–Trinajstić information content (AvgIpc) is 2.42. The topological polar surface area (TPSA) is 78.9 Å². The molecule has 6 nitrogen and oxygen atoms in total. The highest BCUT2D eigenvalue weighted by Gasteiger charge is 2.32. The number of aliphatic hydroxyl groups excluding tert-OH is 1. The number of rotatable bonds is 4. The zero-order chi connectivity index (χ0) is 14.7. The van der Waals surface area contributed by atoms with Gasteiger partial charge in [0.2, 0.25) is 5.91 Å². The Kier molecular flexibility index (Phi) is 4.24. The molecule has 20 heavy (non-hydrogen) atoms. The second kappa shape index (κ2) is 5.92. The molecule has 2 amide bonds. The molecule has 1 aromatic rings. The number of carbonyl (C=O) groups is 2. The van der Waals surface area contributed by atoms with Crippen molar-refractivity contribution in [2.75, 3.05) is 24.6 Å². The van der Waals surface area contributed by atoms with E-state index < -0.39 is 6.10 Å². The molecule has 0 unspecified atom stereocenters. The zero-order valence-electron chi connectivity index (χ0n) is 11.5. The van der Waals surface area contributed by atoms with E-state index in [2.05, 4.69) is 5.32 Å². The minimum Gasteiger partial charge on any atom is -0.479 e. The predicted octanol–water partition coefficient (Wildman–Crippen LogP) is 0.217. The molecular weight excluding hydrogens is 260 g/mol. The molecule has 0 aliphatic carbocycles. The van der Waals surface area contributed by atoms with Gasteiger partial charge in [0.1, 0.15) is 12.3 Å². The Morgan fingerprint density at radius 3 is 2.95 bits per heavy atom. The van der Waals surface area contributed by atoms with Crippen LogP contribution < -0.4 is 15.0 Å². The molecular formula is C14H18N2O4. The Bertz CT molecular complexity index is 530. The molecule has 0 aromatic heterocycles. The first-order valence-electron chi connectivity index (χ1n) is 6.49. The van der Waals surface area contributed by atoms with E-state index in [1.54, 1.807) is 13.0 Å². The van der Waals surface area contributed by atoms with Crippen LogP contribution in [0.1, 0.15) is 12.5 Å². The van der Waals surface area contributed by atoms with Gasteiger partial charge in [-0.2, -0.15) is 0 Å². The monoisotopic (exact) mass is 278 g/mol. The van der Waals surface area contributed by atoms with E-state index in [1.165, 1.54) is 4.90 Å². The molecule has 2 N–H and O–H groups in total. The molecule has 2 rings (SSSR count). The van der Waals surface area contributed by atoms with Crippen molar-refractivity contribution < 1.29 is 19.4 Å². The Labute approximate surface area is 117 Å². The van der Waals surface area contributed by atoms with Gasteiger partial charge in [0.25, 0.3) is 5.91 Å². The first kappa shape index (κ1) is 14.3. The standard InChI is InChI=1S/C14H18N2O4/c1-9-3-4-12-11(7-9)16(14(19)10(2)20-12)8-13(18)15-5-6-17/h3-4,7,10,17H,5-6,8H2,1-2H3,(H,15,18)/t10-/m0/s1. The number of nitrogens with one attached hydrogen (secondary N) is 1. The summed E-state index contributed by atoms with van der Waals surface area (Å²) in [6.45, 7) is 3.53. The summed E-state index contributed by atoms with van der Waals surface area (Å²) in [5.41, 5.74) is 1.59. The number of aryl methyl sites for hydroxylation is 1. The fourth-order valence-electron chi connectivity index (χ4n) is 2.07. The van der Waals surface area contributed by atoms with Gasteiger partial charge in [-0.3, -0.25) is 14.5 Å². The van der Waals surface area contributed by atoms with Gasteiger partial charge < -0.3 is 15.2 Å². The number of nitrogens with zero attached hydrogens (tertiary/aromatic N) is 1. The third-order valence-corrected chi connectivity index (χ3v) is 3.06. The molecule has 6 heteroatoms. The van der Waals surface area contributed by atoms with Gasteiger partial charge in [-0.15, -0.1) is 0 Å². The highest BCUT2D eigenvalue weighted by Crippen LogP contribution is 2.34. The molecule has 0 bridgehead atoms. The van der Waals surface area contributed by atoms with Crippen molar-refractivity contribution in [2.45, 2.75) is 20.0 Å². The van der Waals surface area contributed by atoms with Gasteiger partial charge in [-0.25, -0.2) is 0 Å². The van der Waals surface area contributed by atoms with Crippen molar-refractivity contribution in [1.29, 1.82) is 0 Å². The first-order valence-corrected chi connectivity index (χ1v) is 6.49. The van der Waals surface area contributed by atoms with Crippen molar-refractivity contribution >= 4 is 17.5 Å². The first-order chi connectivity index (χ1) is 9.52. The van der Waals surface area contributed by atoms with E-state index in [-0.39, 0.29) is 31.5 Å². The molecule has 0 saturated heterocycles. The lowest BCUT2D eigenvalue weighted by Crippen LogP contribution is -2.49. The number of hydrogen-bond donors (Lipinski definition) is 2. The Balaban J connectivity index is 2.24. The van der Waals surface area contributed by atoms with Crippen LogP contribution in [0.25, 0.3) is 0 Å². The van der Waals surface area contributed by atoms with Gasteiger partial charge in [0.15, 0.2) is 6.10 Å². The zero-order valence-corrected chi connectivity index (χ0v) is 11.5. The molecule has 0 spiro atoms. The van der Waals surface area contributed by atoms with Crippen LogP contribution in [0, 0.1) is 6.92 Å². The summed E-state index contributed by atoms with van der Waals surface area (Å²) in [7, 11) is 0. The number of anilines is 1. The summed E-state index contributed by atoms with van der Waals surface area (Å²) in [4.78, 5) is 25.4. The van der Waals surface area contributed by atoms with Crippen molar-refractivity contribution in [1.82, 2.24) is 5.32 Å². The Morgan fingerprint density at radius 2 is 2.25 bits per heavy atom. The summed E-state index contributed by atoms with van der Waals surface area (Å²) in [6.07, 6.45) is -0.615. The van der Waals surface area contributed by atoms with Crippen LogP contribution in [0.15, 0.2) is 18.2 Å². The van der Waals surface area contributed by atoms with Crippen LogP contribution in [-0.2, 0) is 9.59 Å². The van der Waals surface area contributed by atoms with Crippen LogP contribution in [-0.4, -0.2) is 42.7 Å². The second-order valence-electron chi connectivity index (χ2n) is 4.73. The smallest absolute Gasteiger partial charge is 0.268 e. The van der Waals surface area contributed by atoms with Gasteiger partial charge in [-0.1, -0.05) is 6.07 Å². The van der Waals surface area contributed by atoms with Crippen LogP contribution in [0.5, 0.6) is 5.75 Å². The fourth-order valence-corrected chi connectivity index (χ4v) is 2.07. The summed E-state index contributed by atoms with van der Waals surface area (Å²) in [5.74, 6) is 0.0360. The summed E-state index contributed by atoms with van der Waals surface area (Å²) >= 11 is 0. The second-order valence-corrected chi connectivity index (χ2v) is 4.73. The summed E-state index contributed by atoms with van der Waals surface area (Å²) in [6, 6.07) is 5.51. The van der Waals surface area contributed by atoms with Gasteiger partial charge in [0, 0.05) is 6.54 Å². The largest absolute Gasteiger partial charge is 0.479 e. The molecule has 1 aromatic carbocycles. The van der Waals surface area contributed by atoms with Crippen LogP contribution in [0.4, 0.5) is 5.69 Å². The predicted molar refractivity (Wildman–Crippen MR) is 73.7 cm³/mol.